The number of nitrogens with zero attached hydrogens (tertiary/aromatic N) is 1. The number of amides is 2. The van der Waals surface area contributed by atoms with Gasteiger partial charge in [0.2, 0.25) is 0 Å². The first-order valence-corrected chi connectivity index (χ1v) is 10.0. The molecule has 3 aromatic rings. The molecule has 1 fully saturated rings. The summed E-state index contributed by atoms with van der Waals surface area (Å²) in [4.78, 5) is 16.7. The summed E-state index contributed by atoms with van der Waals surface area (Å²) < 4.78 is 0. The third-order valence-electron chi connectivity index (χ3n) is 5.65. The number of hydrogen-bond donors (Lipinski definition) is 3. The maximum Gasteiger partial charge on any atom is 0.319 e. The molecule has 142 valence electrons. The summed E-state index contributed by atoms with van der Waals surface area (Å²) in [6, 6.07) is 18.7. The van der Waals surface area contributed by atoms with Crippen LogP contribution in [0.1, 0.15) is 36.4 Å². The number of rotatable bonds is 5. The zero-order valence-electron chi connectivity index (χ0n) is 15.7. The molecule has 0 spiro atoms. The first-order chi connectivity index (χ1) is 13.7. The zero-order chi connectivity index (χ0) is 18.9. The quantitative estimate of drug-likeness (QED) is 0.599. The Morgan fingerprint density at radius 3 is 2.82 bits per heavy atom. The topological polar surface area (TPSA) is 66.0 Å². The number of hydrogen-bond acceptors (Lipinski definition) is 3. The number of pyridine rings is 1. The Kier molecular flexibility index (Phi) is 4.35. The van der Waals surface area contributed by atoms with Crippen LogP contribution in [0.4, 0.5) is 16.3 Å². The van der Waals surface area contributed by atoms with Gasteiger partial charge in [-0.2, -0.15) is 0 Å². The summed E-state index contributed by atoms with van der Waals surface area (Å²) in [6.07, 6.45) is 4.66. The number of fused-ring (bicyclic) bond motifs is 2. The lowest BCUT2D eigenvalue weighted by Gasteiger charge is -2.15. The largest absolute Gasteiger partial charge is 0.363 e. The lowest BCUT2D eigenvalue weighted by Crippen LogP contribution is -2.30. The molecule has 1 heterocycles. The molecule has 5 rings (SSSR count). The van der Waals surface area contributed by atoms with Crippen LogP contribution in [-0.4, -0.2) is 17.6 Å². The van der Waals surface area contributed by atoms with Crippen LogP contribution in [0.15, 0.2) is 54.6 Å². The van der Waals surface area contributed by atoms with Crippen molar-refractivity contribution >= 4 is 28.4 Å². The Morgan fingerprint density at radius 1 is 1.04 bits per heavy atom. The summed E-state index contributed by atoms with van der Waals surface area (Å²) in [5.41, 5.74) is 4.51. The van der Waals surface area contributed by atoms with Crippen molar-refractivity contribution in [2.24, 2.45) is 5.92 Å². The van der Waals surface area contributed by atoms with E-state index in [4.69, 9.17) is 4.98 Å². The van der Waals surface area contributed by atoms with Gasteiger partial charge in [0.25, 0.3) is 0 Å². The summed E-state index contributed by atoms with van der Waals surface area (Å²) >= 11 is 0. The van der Waals surface area contributed by atoms with E-state index >= 15 is 0 Å². The number of urea groups is 1. The van der Waals surface area contributed by atoms with Gasteiger partial charge in [0.15, 0.2) is 0 Å². The van der Waals surface area contributed by atoms with Gasteiger partial charge in [-0.25, -0.2) is 9.78 Å². The molecule has 5 heteroatoms. The van der Waals surface area contributed by atoms with Crippen LogP contribution in [-0.2, 0) is 6.42 Å². The number of carbonyl (C=O) groups is 1. The maximum atomic E-state index is 12.0. The van der Waals surface area contributed by atoms with Crippen LogP contribution in [0.5, 0.6) is 0 Å². The fourth-order valence-electron chi connectivity index (χ4n) is 3.90. The van der Waals surface area contributed by atoms with Crippen molar-refractivity contribution in [2.45, 2.75) is 31.7 Å². The van der Waals surface area contributed by atoms with E-state index in [1.807, 2.05) is 24.3 Å². The van der Waals surface area contributed by atoms with Crippen LogP contribution < -0.4 is 16.0 Å². The van der Waals surface area contributed by atoms with Crippen LogP contribution >= 0.6 is 0 Å². The second kappa shape index (κ2) is 7.15. The molecule has 2 amide bonds. The van der Waals surface area contributed by atoms with E-state index in [1.54, 1.807) is 0 Å². The average molecular weight is 372 g/mol. The van der Waals surface area contributed by atoms with Gasteiger partial charge >= 0.3 is 6.03 Å². The third-order valence-corrected chi connectivity index (χ3v) is 5.65. The second-order valence-electron chi connectivity index (χ2n) is 7.82. The minimum atomic E-state index is -0.141. The third kappa shape index (κ3) is 3.65. The molecule has 0 bridgehead atoms. The molecule has 3 N–H and O–H groups in total. The Labute approximate surface area is 164 Å². The molecule has 28 heavy (non-hydrogen) atoms. The molecule has 2 aliphatic carbocycles. The van der Waals surface area contributed by atoms with Gasteiger partial charge in [0, 0.05) is 17.6 Å². The van der Waals surface area contributed by atoms with Gasteiger partial charge in [-0.15, -0.1) is 0 Å². The molecule has 2 aromatic carbocycles. The van der Waals surface area contributed by atoms with Crippen LogP contribution in [0.3, 0.4) is 0 Å². The number of nitrogens with one attached hydrogen (secondary N) is 3. The molecule has 1 atom stereocenters. The van der Waals surface area contributed by atoms with Gasteiger partial charge < -0.3 is 16.0 Å². The summed E-state index contributed by atoms with van der Waals surface area (Å²) in [5, 5.41) is 10.4. The molecular formula is C23H24N4O. The number of anilines is 2. The fraction of sp³-hybridized carbons (Fsp3) is 0.304. The molecule has 0 aliphatic heterocycles. The Bertz CT molecular complexity index is 1030. The van der Waals surface area contributed by atoms with E-state index in [-0.39, 0.29) is 6.03 Å². The van der Waals surface area contributed by atoms with Crippen molar-refractivity contribution in [3.63, 3.8) is 0 Å². The first-order valence-electron chi connectivity index (χ1n) is 10.0. The maximum absolute atomic E-state index is 12.0. The average Bonchev–Trinajstić information content (AvgIpc) is 3.47. The molecular weight excluding hydrogens is 348 g/mol. The lowest BCUT2D eigenvalue weighted by atomic mass is 10.1. The van der Waals surface area contributed by atoms with Gasteiger partial charge in [-0.05, 0) is 73.1 Å². The van der Waals surface area contributed by atoms with Crippen molar-refractivity contribution in [2.75, 3.05) is 17.2 Å². The molecule has 0 radical (unpaired) electrons. The summed E-state index contributed by atoms with van der Waals surface area (Å²) in [5.74, 6) is 1.56. The summed E-state index contributed by atoms with van der Waals surface area (Å²) in [6.45, 7) is 0.764. The Balaban J connectivity index is 1.28. The van der Waals surface area contributed by atoms with E-state index < -0.39 is 0 Å². The van der Waals surface area contributed by atoms with Crippen LogP contribution in [0.2, 0.25) is 0 Å². The lowest BCUT2D eigenvalue weighted by molar-refractivity contribution is 0.251. The first kappa shape index (κ1) is 17.0. The second-order valence-corrected chi connectivity index (χ2v) is 7.82. The van der Waals surface area contributed by atoms with E-state index in [0.29, 0.717) is 12.0 Å². The number of carbonyl (C=O) groups excluding carboxylic acids is 1. The molecule has 2 aliphatic rings. The van der Waals surface area contributed by atoms with Crippen LogP contribution in [0, 0.1) is 5.92 Å². The highest BCUT2D eigenvalue weighted by Gasteiger charge is 2.22. The highest BCUT2D eigenvalue weighted by molar-refractivity contribution is 5.92. The van der Waals surface area contributed by atoms with Gasteiger partial charge in [0.05, 0.1) is 11.6 Å². The van der Waals surface area contributed by atoms with E-state index in [2.05, 4.69) is 46.3 Å². The molecule has 0 saturated heterocycles. The monoisotopic (exact) mass is 372 g/mol. The molecule has 1 aromatic heterocycles. The van der Waals surface area contributed by atoms with Crippen molar-refractivity contribution in [3.05, 3.63) is 65.7 Å². The molecule has 0 unspecified atom stereocenters. The van der Waals surface area contributed by atoms with Gasteiger partial charge in [-0.3, -0.25) is 0 Å². The molecule has 1 saturated carbocycles. The van der Waals surface area contributed by atoms with Crippen molar-refractivity contribution in [1.82, 2.24) is 10.3 Å². The fourth-order valence-corrected chi connectivity index (χ4v) is 3.90. The number of aromatic nitrogens is 1. The van der Waals surface area contributed by atoms with Gasteiger partial charge in [-0.1, -0.05) is 24.3 Å². The van der Waals surface area contributed by atoms with Crippen molar-refractivity contribution in [3.8, 4) is 0 Å². The smallest absolute Gasteiger partial charge is 0.319 e. The zero-order valence-corrected chi connectivity index (χ0v) is 15.7. The summed E-state index contributed by atoms with van der Waals surface area (Å²) in [7, 11) is 0. The Hall–Kier alpha value is -3.08. The normalized spacial score (nSPS) is 17.9. The minimum Gasteiger partial charge on any atom is -0.363 e. The molecule has 5 nitrogen and oxygen atoms in total. The highest BCUT2D eigenvalue weighted by atomic mass is 16.2. The predicted molar refractivity (Wildman–Crippen MR) is 113 cm³/mol. The minimum absolute atomic E-state index is 0.141. The Morgan fingerprint density at radius 2 is 1.93 bits per heavy atom. The van der Waals surface area contributed by atoms with E-state index in [9.17, 15) is 4.79 Å². The van der Waals surface area contributed by atoms with E-state index in [0.717, 1.165) is 41.8 Å². The predicted octanol–water partition coefficient (Wildman–Crippen LogP) is 4.87. The van der Waals surface area contributed by atoms with Crippen molar-refractivity contribution < 1.29 is 4.79 Å². The SMILES string of the molecule is O=C(NCC1CC1)Nc1ccc2nc(N[C@@H]3CCc4ccccc43)ccc2c1. The standard InChI is InChI=1S/C23H24N4O/c28-23(24-14-15-5-6-15)25-18-9-11-20-17(13-18)8-12-22(26-20)27-21-10-7-16-3-1-2-4-19(16)21/h1-4,8-9,11-13,15,21H,5-7,10,14H2,(H,26,27)(H2,24,25,28)/t21-/m1/s1. The highest BCUT2D eigenvalue weighted by Crippen LogP contribution is 2.33. The van der Waals surface area contributed by atoms with Gasteiger partial charge in [0.1, 0.15) is 5.82 Å². The number of benzene rings is 2. The number of aryl methyl sites for hydroxylation is 1. The van der Waals surface area contributed by atoms with E-state index in [1.165, 1.54) is 24.0 Å². The van der Waals surface area contributed by atoms with Crippen molar-refractivity contribution in [1.29, 1.82) is 0 Å². The van der Waals surface area contributed by atoms with Crippen LogP contribution in [0.25, 0.3) is 10.9 Å².